The van der Waals surface area contributed by atoms with E-state index >= 15 is 0 Å². The molecule has 33 heavy (non-hydrogen) atoms. The normalized spacial score (nSPS) is 17.8. The number of aromatic nitrogens is 1. The Morgan fingerprint density at radius 1 is 1.06 bits per heavy atom. The number of para-hydroxylation sites is 1. The number of benzene rings is 2. The molecule has 0 saturated carbocycles. The van der Waals surface area contributed by atoms with Crippen LogP contribution in [0.25, 0.3) is 11.0 Å². The summed E-state index contributed by atoms with van der Waals surface area (Å²) in [7, 11) is 0. The van der Waals surface area contributed by atoms with Gasteiger partial charge in [-0.3, -0.25) is 9.78 Å². The van der Waals surface area contributed by atoms with Gasteiger partial charge in [0.1, 0.15) is 28.3 Å². The highest BCUT2D eigenvalue weighted by molar-refractivity contribution is 5.96. The number of furan rings is 1. The summed E-state index contributed by atoms with van der Waals surface area (Å²) < 4.78 is 53.2. The first kappa shape index (κ1) is 20.9. The smallest absolute Gasteiger partial charge is 0.491 e. The van der Waals surface area contributed by atoms with Gasteiger partial charge in [-0.25, -0.2) is 0 Å². The first-order valence-corrected chi connectivity index (χ1v) is 10.1. The highest BCUT2D eigenvalue weighted by Crippen LogP contribution is 2.41. The Morgan fingerprint density at radius 3 is 2.61 bits per heavy atom. The van der Waals surface area contributed by atoms with E-state index in [4.69, 9.17) is 9.15 Å². The molecular formula is C24H17F3N2O4. The molecule has 4 aromatic rings. The van der Waals surface area contributed by atoms with E-state index in [0.29, 0.717) is 29.0 Å². The minimum Gasteiger partial charge on any atom is -0.491 e. The molecule has 1 N–H and O–H groups in total. The molecule has 6 nitrogen and oxygen atoms in total. The number of carbonyl (C=O) groups is 1. The molecule has 1 atom stereocenters. The van der Waals surface area contributed by atoms with Gasteiger partial charge in [-0.05, 0) is 42.0 Å². The van der Waals surface area contributed by atoms with Gasteiger partial charge in [-0.2, -0.15) is 0 Å². The lowest BCUT2D eigenvalue weighted by atomic mass is 9.81. The zero-order valence-electron chi connectivity index (χ0n) is 17.1. The number of nitrogens with one attached hydrogen (secondary N) is 1. The summed E-state index contributed by atoms with van der Waals surface area (Å²) in [6.45, 7) is 0.264. The van der Waals surface area contributed by atoms with Crippen molar-refractivity contribution in [2.75, 3.05) is 6.61 Å². The summed E-state index contributed by atoms with van der Waals surface area (Å²) >= 11 is 0. The second-order valence-electron chi connectivity index (χ2n) is 7.53. The molecule has 0 spiro atoms. The SMILES string of the molecule is O=C(N[C@]1(c2ccc(OC(F)(F)F)cc2)CCOc2cccnc21)c1cc2ccccc2o1. The Hall–Kier alpha value is -4.01. The van der Waals surface area contributed by atoms with Crippen LogP contribution in [0.4, 0.5) is 13.2 Å². The molecule has 0 saturated heterocycles. The van der Waals surface area contributed by atoms with Crippen molar-refractivity contribution in [3.8, 4) is 11.5 Å². The second-order valence-corrected chi connectivity index (χ2v) is 7.53. The van der Waals surface area contributed by atoms with Crippen LogP contribution in [0.5, 0.6) is 11.5 Å². The average Bonchev–Trinajstić information content (AvgIpc) is 3.23. The van der Waals surface area contributed by atoms with Crippen molar-refractivity contribution in [3.63, 3.8) is 0 Å². The van der Waals surface area contributed by atoms with Gasteiger partial charge in [0.15, 0.2) is 5.76 Å². The number of ether oxygens (including phenoxy) is 2. The number of hydrogen-bond donors (Lipinski definition) is 1. The highest BCUT2D eigenvalue weighted by atomic mass is 19.4. The van der Waals surface area contributed by atoms with Gasteiger partial charge < -0.3 is 19.2 Å². The molecule has 2 aromatic carbocycles. The van der Waals surface area contributed by atoms with E-state index in [1.807, 2.05) is 12.1 Å². The van der Waals surface area contributed by atoms with Gasteiger partial charge >= 0.3 is 6.36 Å². The lowest BCUT2D eigenvalue weighted by Crippen LogP contribution is -2.50. The van der Waals surface area contributed by atoms with Crippen LogP contribution in [-0.4, -0.2) is 23.9 Å². The summed E-state index contributed by atoms with van der Waals surface area (Å²) in [4.78, 5) is 17.7. The van der Waals surface area contributed by atoms with Crippen molar-refractivity contribution in [3.05, 3.63) is 89.9 Å². The first-order chi connectivity index (χ1) is 15.8. The minimum atomic E-state index is -4.80. The molecule has 2 aromatic heterocycles. The molecule has 0 aliphatic carbocycles. The molecule has 1 amide bonds. The fourth-order valence-electron chi connectivity index (χ4n) is 4.03. The van der Waals surface area contributed by atoms with Crippen molar-refractivity contribution in [1.82, 2.24) is 10.3 Å². The zero-order valence-corrected chi connectivity index (χ0v) is 17.1. The van der Waals surface area contributed by atoms with Gasteiger partial charge in [0.05, 0.1) is 6.61 Å². The van der Waals surface area contributed by atoms with Crippen molar-refractivity contribution in [1.29, 1.82) is 0 Å². The van der Waals surface area contributed by atoms with Crippen LogP contribution < -0.4 is 14.8 Å². The van der Waals surface area contributed by atoms with Crippen LogP contribution in [0.2, 0.25) is 0 Å². The zero-order chi connectivity index (χ0) is 23.1. The number of rotatable bonds is 4. The average molecular weight is 454 g/mol. The third-order valence-electron chi connectivity index (χ3n) is 5.47. The van der Waals surface area contributed by atoms with Crippen LogP contribution >= 0.6 is 0 Å². The maximum absolute atomic E-state index is 13.3. The summed E-state index contributed by atoms with van der Waals surface area (Å²) in [5.74, 6) is -0.264. The number of nitrogens with zero attached hydrogens (tertiary/aromatic N) is 1. The van der Waals surface area contributed by atoms with Crippen molar-refractivity contribution in [2.45, 2.75) is 18.3 Å². The van der Waals surface area contributed by atoms with Gasteiger partial charge in [-0.1, -0.05) is 30.3 Å². The highest BCUT2D eigenvalue weighted by Gasteiger charge is 2.43. The predicted molar refractivity (Wildman–Crippen MR) is 112 cm³/mol. The summed E-state index contributed by atoms with van der Waals surface area (Å²) in [6, 6.07) is 17.7. The van der Waals surface area contributed by atoms with E-state index in [2.05, 4.69) is 15.0 Å². The van der Waals surface area contributed by atoms with Crippen molar-refractivity contribution < 1.29 is 31.9 Å². The molecule has 9 heteroatoms. The summed E-state index contributed by atoms with van der Waals surface area (Å²) in [5.41, 5.74) is 0.396. The predicted octanol–water partition coefficient (Wildman–Crippen LogP) is 5.18. The van der Waals surface area contributed by atoms with Crippen LogP contribution in [-0.2, 0) is 5.54 Å². The van der Waals surface area contributed by atoms with Gasteiger partial charge in [0, 0.05) is 18.0 Å². The molecule has 1 aliphatic heterocycles. The fourth-order valence-corrected chi connectivity index (χ4v) is 4.03. The maximum Gasteiger partial charge on any atom is 0.573 e. The molecule has 3 heterocycles. The fraction of sp³-hybridized carbons (Fsp3) is 0.167. The van der Waals surface area contributed by atoms with Crippen LogP contribution in [0.1, 0.15) is 28.2 Å². The number of fused-ring (bicyclic) bond motifs is 2. The molecule has 1 aliphatic rings. The number of pyridine rings is 1. The van der Waals surface area contributed by atoms with Crippen LogP contribution in [0.3, 0.4) is 0 Å². The monoisotopic (exact) mass is 454 g/mol. The van der Waals surface area contributed by atoms with Crippen molar-refractivity contribution in [2.24, 2.45) is 0 Å². The Labute approximate surface area is 185 Å². The van der Waals surface area contributed by atoms with Crippen molar-refractivity contribution >= 4 is 16.9 Å². The maximum atomic E-state index is 13.3. The van der Waals surface area contributed by atoms with E-state index < -0.39 is 17.8 Å². The van der Waals surface area contributed by atoms with E-state index in [0.717, 1.165) is 5.39 Å². The molecular weight excluding hydrogens is 437 g/mol. The van der Waals surface area contributed by atoms with Gasteiger partial charge in [-0.15, -0.1) is 13.2 Å². The molecule has 5 rings (SSSR count). The largest absolute Gasteiger partial charge is 0.573 e. The molecule has 0 unspecified atom stereocenters. The number of alkyl halides is 3. The minimum absolute atomic E-state index is 0.108. The third kappa shape index (κ3) is 3.97. The Bertz CT molecular complexity index is 1280. The number of halogens is 3. The van der Waals surface area contributed by atoms with Gasteiger partial charge in [0.25, 0.3) is 5.91 Å². The lowest BCUT2D eigenvalue weighted by molar-refractivity contribution is -0.274. The molecule has 0 fully saturated rings. The number of carbonyl (C=O) groups excluding carboxylic acids is 1. The molecule has 168 valence electrons. The van der Waals surface area contributed by atoms with E-state index in [-0.39, 0.29) is 18.1 Å². The lowest BCUT2D eigenvalue weighted by Gasteiger charge is -2.38. The summed E-state index contributed by atoms with van der Waals surface area (Å²) in [6.07, 6.45) is -2.93. The quantitative estimate of drug-likeness (QED) is 0.460. The van der Waals surface area contributed by atoms with E-state index in [1.165, 1.54) is 24.3 Å². The number of hydrogen-bond acceptors (Lipinski definition) is 5. The number of amides is 1. The standard InChI is InChI=1S/C24H17F3N2O4/c25-24(26,27)33-17-9-7-16(8-10-17)23(11-13-31-19-6-3-12-28-21(19)23)29-22(30)20-14-15-4-1-2-5-18(15)32-20/h1-10,12,14H,11,13H2,(H,29,30)/t23-/m0/s1. The Morgan fingerprint density at radius 2 is 1.85 bits per heavy atom. The summed E-state index contributed by atoms with van der Waals surface area (Å²) in [5, 5.41) is 3.79. The topological polar surface area (TPSA) is 73.6 Å². The Kier molecular flexibility index (Phi) is 4.96. The van der Waals surface area contributed by atoms with E-state index in [1.54, 1.807) is 36.5 Å². The van der Waals surface area contributed by atoms with E-state index in [9.17, 15) is 18.0 Å². The molecule has 0 bridgehead atoms. The second kappa shape index (κ2) is 7.84. The Balaban J connectivity index is 1.56. The first-order valence-electron chi connectivity index (χ1n) is 10.1. The molecule has 0 radical (unpaired) electrons. The van der Waals surface area contributed by atoms with Gasteiger partial charge in [0.2, 0.25) is 0 Å². The van der Waals surface area contributed by atoms with Crippen LogP contribution in [0.15, 0.2) is 77.3 Å². The van der Waals surface area contributed by atoms with Crippen LogP contribution in [0, 0.1) is 0 Å². The third-order valence-corrected chi connectivity index (χ3v) is 5.47.